The zero-order chi connectivity index (χ0) is 24.0. The van der Waals surface area contributed by atoms with Crippen molar-refractivity contribution in [3.05, 3.63) is 65.0 Å². The number of tetrazole rings is 1. The molecule has 2 heterocycles. The summed E-state index contributed by atoms with van der Waals surface area (Å²) in [7, 11) is 1.50. The molecule has 2 unspecified atom stereocenters. The van der Waals surface area contributed by atoms with Crippen LogP contribution in [0.1, 0.15) is 41.9 Å². The number of halogens is 6. The fourth-order valence-corrected chi connectivity index (χ4v) is 3.91. The van der Waals surface area contributed by atoms with Crippen LogP contribution in [0.2, 0.25) is 0 Å². The first kappa shape index (κ1) is 22.9. The number of rotatable bonds is 4. The van der Waals surface area contributed by atoms with Gasteiger partial charge in [0, 0.05) is 12.6 Å². The predicted octanol–water partition coefficient (Wildman–Crippen LogP) is 5.05. The van der Waals surface area contributed by atoms with Gasteiger partial charge in [-0.1, -0.05) is 19.1 Å². The molecule has 1 aliphatic heterocycles. The minimum atomic E-state index is -4.59. The predicted molar refractivity (Wildman–Crippen MR) is 109 cm³/mol. The highest BCUT2D eigenvalue weighted by atomic mass is 19.4. The molecular formula is C21H20F6N6. The van der Waals surface area contributed by atoms with Gasteiger partial charge in [0.2, 0.25) is 5.82 Å². The summed E-state index contributed by atoms with van der Waals surface area (Å²) in [6.07, 6.45) is -8.54. The number of benzene rings is 2. The second-order valence-electron chi connectivity index (χ2n) is 7.79. The van der Waals surface area contributed by atoms with Gasteiger partial charge in [0.15, 0.2) is 0 Å². The summed E-state index contributed by atoms with van der Waals surface area (Å²) in [5.41, 5.74) is -0.900. The maximum Gasteiger partial charge on any atom is 0.416 e. The molecular weight excluding hydrogens is 450 g/mol. The van der Waals surface area contributed by atoms with Crippen molar-refractivity contribution in [3.63, 3.8) is 0 Å². The van der Waals surface area contributed by atoms with E-state index in [2.05, 4.69) is 20.7 Å². The number of hydrogen-bond donors (Lipinski definition) is 1. The second-order valence-corrected chi connectivity index (χ2v) is 7.79. The Labute approximate surface area is 185 Å². The number of nitrogens with one attached hydrogen (secondary N) is 1. The van der Waals surface area contributed by atoms with Gasteiger partial charge in [0.1, 0.15) is 6.04 Å². The highest BCUT2D eigenvalue weighted by Crippen LogP contribution is 2.43. The molecule has 6 nitrogen and oxygen atoms in total. The Morgan fingerprint density at radius 3 is 2.33 bits per heavy atom. The Kier molecular flexibility index (Phi) is 5.71. The van der Waals surface area contributed by atoms with Gasteiger partial charge in [-0.15, -0.1) is 10.2 Å². The standard InChI is InChI=1S/C21H20F6N6/c1-3-15-11-33(17-10-14(21(25,26)27)7-8-16(17)28-15)18(19-29-31-32(2)30-19)12-5-4-6-13(9-12)20(22,23)24/h4-10,15,18,28H,3,11H2,1-2H3. The maximum absolute atomic E-state index is 13.5. The molecule has 1 N–H and O–H groups in total. The molecule has 1 aliphatic rings. The molecule has 0 bridgehead atoms. The molecule has 2 atom stereocenters. The number of anilines is 2. The number of fused-ring (bicyclic) bond motifs is 1. The lowest BCUT2D eigenvalue weighted by Crippen LogP contribution is -2.44. The summed E-state index contributed by atoms with van der Waals surface area (Å²) in [5, 5.41) is 15.2. The molecule has 0 saturated carbocycles. The molecule has 33 heavy (non-hydrogen) atoms. The van der Waals surface area contributed by atoms with E-state index in [1.54, 1.807) is 4.90 Å². The van der Waals surface area contributed by atoms with Crippen molar-refractivity contribution in [1.82, 2.24) is 20.2 Å². The summed E-state index contributed by atoms with van der Waals surface area (Å²) in [5.74, 6) is 0.0805. The topological polar surface area (TPSA) is 58.9 Å². The van der Waals surface area contributed by atoms with Gasteiger partial charge in [-0.3, -0.25) is 0 Å². The van der Waals surface area contributed by atoms with Gasteiger partial charge in [-0.25, -0.2) is 0 Å². The summed E-state index contributed by atoms with van der Waals surface area (Å²) in [6, 6.07) is 6.80. The summed E-state index contributed by atoms with van der Waals surface area (Å²) in [6.45, 7) is 2.13. The third-order valence-electron chi connectivity index (χ3n) is 5.51. The van der Waals surface area contributed by atoms with Crippen LogP contribution in [0.4, 0.5) is 37.7 Å². The number of alkyl halides is 6. The Bertz CT molecular complexity index is 1140. The van der Waals surface area contributed by atoms with Gasteiger partial charge < -0.3 is 10.2 Å². The third-order valence-corrected chi connectivity index (χ3v) is 5.51. The number of nitrogens with zero attached hydrogens (tertiary/aromatic N) is 5. The first-order valence-electron chi connectivity index (χ1n) is 10.1. The van der Waals surface area contributed by atoms with Crippen LogP contribution in [0, 0.1) is 0 Å². The molecule has 1 aromatic heterocycles. The van der Waals surface area contributed by atoms with Gasteiger partial charge >= 0.3 is 12.4 Å². The molecule has 0 radical (unpaired) electrons. The minimum absolute atomic E-state index is 0.0805. The lowest BCUT2D eigenvalue weighted by molar-refractivity contribution is -0.138. The molecule has 0 aliphatic carbocycles. The van der Waals surface area contributed by atoms with E-state index in [9.17, 15) is 26.3 Å². The van der Waals surface area contributed by atoms with Gasteiger partial charge in [-0.05, 0) is 47.5 Å². The monoisotopic (exact) mass is 470 g/mol. The van der Waals surface area contributed by atoms with E-state index in [0.29, 0.717) is 12.1 Å². The fourth-order valence-electron chi connectivity index (χ4n) is 3.91. The van der Waals surface area contributed by atoms with Gasteiger partial charge in [-0.2, -0.15) is 31.1 Å². The quantitative estimate of drug-likeness (QED) is 0.541. The first-order valence-corrected chi connectivity index (χ1v) is 10.1. The lowest BCUT2D eigenvalue weighted by Gasteiger charge is -2.41. The zero-order valence-electron chi connectivity index (χ0n) is 17.6. The summed E-state index contributed by atoms with van der Waals surface area (Å²) >= 11 is 0. The number of aromatic nitrogens is 4. The molecule has 4 rings (SSSR count). The normalized spacial score (nSPS) is 17.5. The average Bonchev–Trinajstić information content (AvgIpc) is 3.18. The highest BCUT2D eigenvalue weighted by Gasteiger charge is 2.38. The smallest absolute Gasteiger partial charge is 0.379 e. The Morgan fingerprint density at radius 1 is 1.03 bits per heavy atom. The van der Waals surface area contributed by atoms with Crippen LogP contribution in [-0.4, -0.2) is 32.8 Å². The summed E-state index contributed by atoms with van der Waals surface area (Å²) < 4.78 is 80.7. The van der Waals surface area contributed by atoms with E-state index < -0.39 is 29.5 Å². The molecule has 2 aromatic carbocycles. The van der Waals surface area contributed by atoms with E-state index in [0.717, 1.165) is 29.1 Å². The Morgan fingerprint density at radius 2 is 1.73 bits per heavy atom. The molecule has 0 amide bonds. The maximum atomic E-state index is 13.5. The van der Waals surface area contributed by atoms with E-state index in [4.69, 9.17) is 0 Å². The van der Waals surface area contributed by atoms with Crippen LogP contribution in [0.25, 0.3) is 0 Å². The van der Waals surface area contributed by atoms with Crippen molar-refractivity contribution in [2.45, 2.75) is 37.8 Å². The SMILES string of the molecule is CCC1CN(C(c2cccc(C(F)(F)F)c2)c2nnn(C)n2)c2cc(C(F)(F)F)ccc2N1. The van der Waals surface area contributed by atoms with E-state index in [1.165, 1.54) is 25.2 Å². The molecule has 3 aromatic rings. The molecule has 176 valence electrons. The Hall–Kier alpha value is -3.31. The zero-order valence-corrected chi connectivity index (χ0v) is 17.6. The molecule has 12 heteroatoms. The van der Waals surface area contributed by atoms with Crippen LogP contribution >= 0.6 is 0 Å². The number of hydrogen-bond acceptors (Lipinski definition) is 5. The van der Waals surface area contributed by atoms with Crippen molar-refractivity contribution in [1.29, 1.82) is 0 Å². The van der Waals surface area contributed by atoms with E-state index in [-0.39, 0.29) is 29.7 Å². The van der Waals surface area contributed by atoms with Crippen LogP contribution in [0.15, 0.2) is 42.5 Å². The van der Waals surface area contributed by atoms with Crippen LogP contribution in [0.5, 0.6) is 0 Å². The van der Waals surface area contributed by atoms with Crippen molar-refractivity contribution < 1.29 is 26.3 Å². The number of aryl methyl sites for hydroxylation is 1. The van der Waals surface area contributed by atoms with Crippen LogP contribution < -0.4 is 10.2 Å². The van der Waals surface area contributed by atoms with Crippen molar-refractivity contribution in [3.8, 4) is 0 Å². The van der Waals surface area contributed by atoms with Gasteiger partial charge in [0.05, 0.1) is 29.5 Å². The molecule has 0 saturated heterocycles. The Balaban J connectivity index is 1.91. The van der Waals surface area contributed by atoms with Crippen LogP contribution in [-0.2, 0) is 19.4 Å². The lowest BCUT2D eigenvalue weighted by atomic mass is 9.97. The van der Waals surface area contributed by atoms with E-state index >= 15 is 0 Å². The minimum Gasteiger partial charge on any atom is -0.379 e. The third kappa shape index (κ3) is 4.60. The highest BCUT2D eigenvalue weighted by molar-refractivity contribution is 5.75. The first-order chi connectivity index (χ1) is 15.5. The summed E-state index contributed by atoms with van der Waals surface area (Å²) in [4.78, 5) is 2.77. The molecule has 0 spiro atoms. The molecule has 0 fully saturated rings. The van der Waals surface area contributed by atoms with Gasteiger partial charge in [0.25, 0.3) is 0 Å². The second kappa shape index (κ2) is 8.23. The van der Waals surface area contributed by atoms with Crippen molar-refractivity contribution >= 4 is 11.4 Å². The van der Waals surface area contributed by atoms with E-state index in [1.807, 2.05) is 6.92 Å². The fraction of sp³-hybridized carbons (Fsp3) is 0.381. The average molecular weight is 470 g/mol. The van der Waals surface area contributed by atoms with Crippen LogP contribution in [0.3, 0.4) is 0 Å². The van der Waals surface area contributed by atoms with Crippen molar-refractivity contribution in [2.24, 2.45) is 7.05 Å². The van der Waals surface area contributed by atoms with Crippen molar-refractivity contribution in [2.75, 3.05) is 16.8 Å². The largest absolute Gasteiger partial charge is 0.416 e.